The maximum Gasteiger partial charge on any atom is 0.0894 e. The average Bonchev–Trinajstić information content (AvgIpc) is 2.48. The van der Waals surface area contributed by atoms with Crippen molar-refractivity contribution in [3.8, 4) is 0 Å². The zero-order valence-corrected chi connectivity index (χ0v) is 11.0. The molecule has 1 rings (SSSR count). The van der Waals surface area contributed by atoms with Crippen molar-refractivity contribution in [3.63, 3.8) is 0 Å². The van der Waals surface area contributed by atoms with Crippen LogP contribution in [0.3, 0.4) is 0 Å². The zero-order valence-electron chi connectivity index (χ0n) is 8.64. The van der Waals surface area contributed by atoms with E-state index in [9.17, 15) is 0 Å². The maximum absolute atomic E-state index is 5.56. The van der Waals surface area contributed by atoms with E-state index in [0.717, 1.165) is 23.3 Å². The fourth-order valence-electron chi connectivity index (χ4n) is 1.21. The van der Waals surface area contributed by atoms with Gasteiger partial charge in [0.1, 0.15) is 0 Å². The van der Waals surface area contributed by atoms with Crippen molar-refractivity contribution in [2.45, 2.75) is 20.3 Å². The van der Waals surface area contributed by atoms with E-state index in [1.54, 1.807) is 11.3 Å². The topological polar surface area (TPSA) is 38.0 Å². The average molecular weight is 277 g/mol. The molecule has 0 aliphatic carbocycles. The quantitative estimate of drug-likeness (QED) is 0.866. The molecule has 0 radical (unpaired) electrons. The van der Waals surface area contributed by atoms with Gasteiger partial charge in [0, 0.05) is 6.54 Å². The normalized spacial score (nSPS) is 11.7. The molecule has 1 aromatic heterocycles. The minimum atomic E-state index is 0.269. The minimum Gasteiger partial charge on any atom is -0.376 e. The Hall–Kier alpha value is -0.0600. The Morgan fingerprint density at radius 1 is 1.50 bits per heavy atom. The van der Waals surface area contributed by atoms with Crippen molar-refractivity contribution in [3.05, 3.63) is 15.9 Å². The molecule has 0 unspecified atom stereocenters. The summed E-state index contributed by atoms with van der Waals surface area (Å²) in [7, 11) is 0. The molecule has 1 aromatic rings. The van der Waals surface area contributed by atoms with Gasteiger partial charge in [0.25, 0.3) is 0 Å². The molecule has 1 heterocycles. The van der Waals surface area contributed by atoms with E-state index in [4.69, 9.17) is 5.73 Å². The number of halogens is 1. The van der Waals surface area contributed by atoms with E-state index < -0.39 is 0 Å². The SMILES string of the molecule is CC(C)(CCN)CNc1ccc(Br)s1. The fourth-order valence-corrected chi connectivity index (χ4v) is 2.50. The molecule has 0 saturated heterocycles. The highest BCUT2D eigenvalue weighted by Crippen LogP contribution is 2.28. The molecule has 0 aliphatic heterocycles. The third-order valence-corrected chi connectivity index (χ3v) is 3.72. The Morgan fingerprint density at radius 3 is 2.71 bits per heavy atom. The fraction of sp³-hybridized carbons (Fsp3) is 0.600. The number of nitrogens with one attached hydrogen (secondary N) is 1. The summed E-state index contributed by atoms with van der Waals surface area (Å²) < 4.78 is 1.16. The molecule has 0 amide bonds. The van der Waals surface area contributed by atoms with Crippen LogP contribution >= 0.6 is 27.3 Å². The summed E-state index contributed by atoms with van der Waals surface area (Å²) in [5.74, 6) is 0. The predicted molar refractivity (Wildman–Crippen MR) is 68.0 cm³/mol. The summed E-state index contributed by atoms with van der Waals surface area (Å²) in [4.78, 5) is 0. The van der Waals surface area contributed by atoms with Gasteiger partial charge in [-0.1, -0.05) is 13.8 Å². The third kappa shape index (κ3) is 3.98. The molecule has 0 aliphatic rings. The Bertz CT molecular complexity index is 283. The Labute approximate surface area is 98.0 Å². The number of thiophene rings is 1. The summed E-state index contributed by atoms with van der Waals surface area (Å²) in [6, 6.07) is 4.15. The Kier molecular flexibility index (Phi) is 4.41. The molecule has 0 bridgehead atoms. The highest BCUT2D eigenvalue weighted by atomic mass is 79.9. The van der Waals surface area contributed by atoms with E-state index in [-0.39, 0.29) is 5.41 Å². The van der Waals surface area contributed by atoms with Crippen molar-refractivity contribution < 1.29 is 0 Å². The summed E-state index contributed by atoms with van der Waals surface area (Å²) >= 11 is 5.16. The van der Waals surface area contributed by atoms with Gasteiger partial charge in [0.05, 0.1) is 8.79 Å². The van der Waals surface area contributed by atoms with Crippen molar-refractivity contribution in [1.82, 2.24) is 0 Å². The summed E-state index contributed by atoms with van der Waals surface area (Å²) in [5, 5.41) is 4.63. The monoisotopic (exact) mass is 276 g/mol. The van der Waals surface area contributed by atoms with E-state index in [1.165, 1.54) is 5.00 Å². The number of hydrogen-bond acceptors (Lipinski definition) is 3. The first-order chi connectivity index (χ1) is 6.53. The highest BCUT2D eigenvalue weighted by Gasteiger charge is 2.16. The van der Waals surface area contributed by atoms with E-state index >= 15 is 0 Å². The molecule has 3 N–H and O–H groups in total. The van der Waals surface area contributed by atoms with Gasteiger partial charge >= 0.3 is 0 Å². The van der Waals surface area contributed by atoms with Gasteiger partial charge in [-0.2, -0.15) is 0 Å². The van der Waals surface area contributed by atoms with Crippen LogP contribution in [0.15, 0.2) is 15.9 Å². The Balaban J connectivity index is 2.40. The van der Waals surface area contributed by atoms with Crippen molar-refractivity contribution >= 4 is 32.3 Å². The zero-order chi connectivity index (χ0) is 10.6. The summed E-state index contributed by atoms with van der Waals surface area (Å²) in [6.45, 7) is 6.19. The van der Waals surface area contributed by atoms with Crippen LogP contribution in [0.25, 0.3) is 0 Å². The van der Waals surface area contributed by atoms with Gasteiger partial charge in [-0.25, -0.2) is 0 Å². The van der Waals surface area contributed by atoms with Crippen LogP contribution < -0.4 is 11.1 Å². The van der Waals surface area contributed by atoms with Gasteiger partial charge in [0.15, 0.2) is 0 Å². The van der Waals surface area contributed by atoms with E-state index in [0.29, 0.717) is 0 Å². The minimum absolute atomic E-state index is 0.269. The van der Waals surface area contributed by atoms with E-state index in [1.807, 2.05) is 0 Å². The highest BCUT2D eigenvalue weighted by molar-refractivity contribution is 9.11. The lowest BCUT2D eigenvalue weighted by atomic mass is 9.89. The molecule has 4 heteroatoms. The number of hydrogen-bond donors (Lipinski definition) is 2. The molecule has 0 fully saturated rings. The van der Waals surface area contributed by atoms with Crippen molar-refractivity contribution in [1.29, 1.82) is 0 Å². The van der Waals surface area contributed by atoms with Crippen molar-refractivity contribution in [2.75, 3.05) is 18.4 Å². The molecular weight excluding hydrogens is 260 g/mol. The molecule has 80 valence electrons. The van der Waals surface area contributed by atoms with Crippen LogP contribution in [0.1, 0.15) is 20.3 Å². The molecule has 14 heavy (non-hydrogen) atoms. The first kappa shape index (κ1) is 12.0. The summed E-state index contributed by atoms with van der Waals surface area (Å²) in [6.07, 6.45) is 1.05. The maximum atomic E-state index is 5.56. The van der Waals surface area contributed by atoms with Gasteiger partial charge in [0.2, 0.25) is 0 Å². The molecule has 0 aromatic carbocycles. The molecule has 0 spiro atoms. The second kappa shape index (κ2) is 5.14. The predicted octanol–water partition coefficient (Wildman–Crippen LogP) is 3.30. The van der Waals surface area contributed by atoms with Gasteiger partial charge in [-0.05, 0) is 46.4 Å². The van der Waals surface area contributed by atoms with Gasteiger partial charge < -0.3 is 11.1 Å². The third-order valence-electron chi connectivity index (χ3n) is 2.14. The van der Waals surface area contributed by atoms with Crippen molar-refractivity contribution in [2.24, 2.45) is 11.1 Å². The first-order valence-electron chi connectivity index (χ1n) is 4.73. The van der Waals surface area contributed by atoms with Crippen LogP contribution in [0, 0.1) is 5.41 Å². The largest absolute Gasteiger partial charge is 0.376 e. The summed E-state index contributed by atoms with van der Waals surface area (Å²) in [5.41, 5.74) is 5.82. The molecule has 0 atom stereocenters. The van der Waals surface area contributed by atoms with Crippen LogP contribution in [0.4, 0.5) is 5.00 Å². The Morgan fingerprint density at radius 2 is 2.21 bits per heavy atom. The number of nitrogens with two attached hydrogens (primary N) is 1. The van der Waals surface area contributed by atoms with E-state index in [2.05, 4.69) is 47.2 Å². The first-order valence-corrected chi connectivity index (χ1v) is 6.34. The van der Waals surface area contributed by atoms with Gasteiger partial charge in [-0.15, -0.1) is 11.3 Å². The lowest BCUT2D eigenvalue weighted by molar-refractivity contribution is 0.365. The van der Waals surface area contributed by atoms with Crippen LogP contribution in [0.2, 0.25) is 0 Å². The second-order valence-electron chi connectivity index (χ2n) is 4.16. The van der Waals surface area contributed by atoms with Crippen LogP contribution in [-0.4, -0.2) is 13.1 Å². The van der Waals surface area contributed by atoms with Gasteiger partial charge in [-0.3, -0.25) is 0 Å². The number of anilines is 1. The standard InChI is InChI=1S/C10H17BrN2S/c1-10(2,5-6-12)7-13-9-4-3-8(11)14-9/h3-4,13H,5-7,12H2,1-2H3. The van der Waals surface area contributed by atoms with Crippen LogP contribution in [0.5, 0.6) is 0 Å². The van der Waals surface area contributed by atoms with Crippen LogP contribution in [-0.2, 0) is 0 Å². The molecular formula is C10H17BrN2S. The lowest BCUT2D eigenvalue weighted by Crippen LogP contribution is -2.25. The smallest absolute Gasteiger partial charge is 0.0894 e. The molecule has 2 nitrogen and oxygen atoms in total. The lowest BCUT2D eigenvalue weighted by Gasteiger charge is -2.24. The number of rotatable bonds is 5. The second-order valence-corrected chi connectivity index (χ2v) is 6.62. The molecule has 0 saturated carbocycles.